The largest absolute Gasteiger partial charge is 0.332 e. The van der Waals surface area contributed by atoms with Gasteiger partial charge in [0.15, 0.2) is 11.2 Å². The van der Waals surface area contributed by atoms with Crippen molar-refractivity contribution in [1.82, 2.24) is 18.7 Å². The predicted molar refractivity (Wildman–Crippen MR) is 127 cm³/mol. The lowest BCUT2D eigenvalue weighted by Gasteiger charge is -2.33. The zero-order valence-corrected chi connectivity index (χ0v) is 19.1. The Morgan fingerprint density at radius 2 is 1.59 bits per heavy atom. The second-order valence-corrected chi connectivity index (χ2v) is 9.12. The third-order valence-corrected chi connectivity index (χ3v) is 6.34. The van der Waals surface area contributed by atoms with Crippen molar-refractivity contribution in [2.45, 2.75) is 20.0 Å². The van der Waals surface area contributed by atoms with E-state index >= 15 is 0 Å². The topological polar surface area (TPSA) is 65.1 Å². The number of nitrogens with zero attached hydrogens (tertiary/aromatic N) is 5. The summed E-state index contributed by atoms with van der Waals surface area (Å²) in [5, 5.41) is 1.25. The minimum absolute atomic E-state index is 0.162. The van der Waals surface area contributed by atoms with Gasteiger partial charge in [-0.3, -0.25) is 13.9 Å². The molecule has 0 spiro atoms. The van der Waals surface area contributed by atoms with Crippen LogP contribution in [0, 0.1) is 5.92 Å². The molecular weight excluding hydrogens is 449 g/mol. The van der Waals surface area contributed by atoms with E-state index in [-0.39, 0.29) is 18.0 Å². The molecule has 7 nitrogen and oxygen atoms in total. The summed E-state index contributed by atoms with van der Waals surface area (Å²) in [6.45, 7) is 3.68. The van der Waals surface area contributed by atoms with E-state index in [1.54, 1.807) is 19.2 Å². The highest BCUT2D eigenvalue weighted by Gasteiger charge is 2.29. The fraction of sp³-hybridized carbons (Fsp3) is 0.261. The van der Waals surface area contributed by atoms with Gasteiger partial charge in [0, 0.05) is 35.9 Å². The molecule has 1 unspecified atom stereocenters. The highest BCUT2D eigenvalue weighted by atomic mass is 35.5. The maximum absolute atomic E-state index is 13.5. The van der Waals surface area contributed by atoms with Gasteiger partial charge in [0.1, 0.15) is 0 Å². The Bertz CT molecular complexity index is 1440. The minimum atomic E-state index is -0.404. The maximum atomic E-state index is 13.5. The number of anilines is 2. The van der Waals surface area contributed by atoms with Gasteiger partial charge >= 0.3 is 5.69 Å². The van der Waals surface area contributed by atoms with Crippen molar-refractivity contribution < 1.29 is 0 Å². The summed E-state index contributed by atoms with van der Waals surface area (Å²) in [5.74, 6) is 0.925. The normalized spacial score (nSPS) is 15.9. The Kier molecular flexibility index (Phi) is 5.10. The summed E-state index contributed by atoms with van der Waals surface area (Å²) in [7, 11) is 1.65. The number of aryl methyl sites for hydroxylation is 1. The van der Waals surface area contributed by atoms with Crippen molar-refractivity contribution in [3.63, 3.8) is 0 Å². The van der Waals surface area contributed by atoms with Gasteiger partial charge < -0.3 is 9.47 Å². The van der Waals surface area contributed by atoms with Crippen molar-refractivity contribution in [3.05, 3.63) is 85.0 Å². The van der Waals surface area contributed by atoms with E-state index in [0.717, 1.165) is 17.8 Å². The van der Waals surface area contributed by atoms with Gasteiger partial charge in [0.05, 0.1) is 6.54 Å². The monoisotopic (exact) mass is 469 g/mol. The number of imidazole rings is 1. The van der Waals surface area contributed by atoms with E-state index in [1.165, 1.54) is 9.13 Å². The van der Waals surface area contributed by atoms with Crippen molar-refractivity contribution in [2.75, 3.05) is 11.4 Å². The SMILES string of the molecule is CC1CN(c2ccc(Cl)cc2)c2nc3c(c(=O)n(Cc4ccc(Cl)cc4)c(=O)n3C)n2C1. The molecule has 5 rings (SSSR count). The Hall–Kier alpha value is -3.03. The molecule has 2 aromatic heterocycles. The maximum Gasteiger partial charge on any atom is 0.332 e. The Balaban J connectivity index is 1.70. The average molecular weight is 470 g/mol. The zero-order chi connectivity index (χ0) is 22.6. The molecule has 0 radical (unpaired) electrons. The van der Waals surface area contributed by atoms with Crippen LogP contribution in [-0.4, -0.2) is 25.2 Å². The quantitative estimate of drug-likeness (QED) is 0.454. The number of halogens is 2. The lowest BCUT2D eigenvalue weighted by molar-refractivity contribution is 0.458. The van der Waals surface area contributed by atoms with Gasteiger partial charge in [-0.15, -0.1) is 0 Å². The highest BCUT2D eigenvalue weighted by molar-refractivity contribution is 6.30. The molecule has 2 aromatic carbocycles. The first kappa shape index (κ1) is 20.8. The number of fused-ring (bicyclic) bond motifs is 3. The lowest BCUT2D eigenvalue weighted by Crippen LogP contribution is -2.40. The van der Waals surface area contributed by atoms with Crippen LogP contribution in [0.3, 0.4) is 0 Å². The van der Waals surface area contributed by atoms with Crippen LogP contribution in [0.2, 0.25) is 10.0 Å². The van der Waals surface area contributed by atoms with Crippen LogP contribution in [0.15, 0.2) is 58.1 Å². The molecule has 164 valence electrons. The third-order valence-electron chi connectivity index (χ3n) is 5.83. The molecule has 9 heteroatoms. The van der Waals surface area contributed by atoms with Crippen molar-refractivity contribution in [2.24, 2.45) is 13.0 Å². The molecule has 32 heavy (non-hydrogen) atoms. The first-order valence-electron chi connectivity index (χ1n) is 10.3. The molecule has 1 atom stereocenters. The van der Waals surface area contributed by atoms with E-state index in [1.807, 2.05) is 41.0 Å². The first-order valence-corrected chi connectivity index (χ1v) is 11.1. The first-order chi connectivity index (χ1) is 15.3. The molecule has 0 fully saturated rings. The fourth-order valence-electron chi connectivity index (χ4n) is 4.26. The van der Waals surface area contributed by atoms with Gasteiger partial charge in [-0.1, -0.05) is 42.3 Å². The standard InChI is InChI=1S/C23H21Cl2N5O2/c1-14-11-28(18-9-7-17(25)8-10-18)22-26-20-19(29(22)12-14)21(31)30(23(32)27(20)2)13-15-3-5-16(24)6-4-15/h3-10,14H,11-13H2,1-2H3. The average Bonchev–Trinajstić information content (AvgIpc) is 3.16. The van der Waals surface area contributed by atoms with Gasteiger partial charge in [-0.05, 0) is 47.9 Å². The van der Waals surface area contributed by atoms with Crippen LogP contribution in [0.5, 0.6) is 0 Å². The summed E-state index contributed by atoms with van der Waals surface area (Å²) in [6, 6.07) is 14.7. The molecule has 1 aliphatic rings. The molecule has 0 amide bonds. The molecule has 1 aliphatic heterocycles. The summed E-state index contributed by atoms with van der Waals surface area (Å²) >= 11 is 12.0. The van der Waals surface area contributed by atoms with E-state index in [9.17, 15) is 9.59 Å². The number of aromatic nitrogens is 4. The van der Waals surface area contributed by atoms with Gasteiger partial charge in [-0.25, -0.2) is 4.79 Å². The van der Waals surface area contributed by atoms with E-state index < -0.39 is 5.69 Å². The van der Waals surface area contributed by atoms with Crippen LogP contribution < -0.4 is 16.1 Å². The van der Waals surface area contributed by atoms with Crippen LogP contribution in [0.25, 0.3) is 11.2 Å². The molecule has 0 saturated carbocycles. The summed E-state index contributed by atoms with van der Waals surface area (Å²) < 4.78 is 4.63. The molecule has 0 saturated heterocycles. The van der Waals surface area contributed by atoms with Crippen molar-refractivity contribution in [1.29, 1.82) is 0 Å². The number of rotatable bonds is 3. The molecular formula is C23H21Cl2N5O2. The van der Waals surface area contributed by atoms with Crippen LogP contribution in [0.4, 0.5) is 11.6 Å². The van der Waals surface area contributed by atoms with E-state index in [2.05, 4.69) is 11.8 Å². The number of hydrogen-bond acceptors (Lipinski definition) is 4. The molecule has 0 aliphatic carbocycles. The predicted octanol–water partition coefficient (Wildman–Crippen LogP) is 4.04. The minimum Gasteiger partial charge on any atom is -0.312 e. The Morgan fingerprint density at radius 3 is 2.25 bits per heavy atom. The second kappa shape index (κ2) is 7.83. The fourth-order valence-corrected chi connectivity index (χ4v) is 4.51. The summed E-state index contributed by atoms with van der Waals surface area (Å²) in [5.41, 5.74) is 1.82. The smallest absolute Gasteiger partial charge is 0.312 e. The summed E-state index contributed by atoms with van der Waals surface area (Å²) in [4.78, 5) is 33.4. The number of hydrogen-bond donors (Lipinski definition) is 0. The van der Waals surface area contributed by atoms with Crippen molar-refractivity contribution in [3.8, 4) is 0 Å². The van der Waals surface area contributed by atoms with Gasteiger partial charge in [0.2, 0.25) is 5.95 Å². The molecule has 0 bridgehead atoms. The Labute approximate surface area is 194 Å². The third kappa shape index (κ3) is 3.42. The van der Waals surface area contributed by atoms with Gasteiger partial charge in [0.25, 0.3) is 5.56 Å². The molecule has 3 heterocycles. The van der Waals surface area contributed by atoms with E-state index in [4.69, 9.17) is 28.2 Å². The van der Waals surface area contributed by atoms with E-state index in [0.29, 0.717) is 33.7 Å². The second-order valence-electron chi connectivity index (χ2n) is 8.25. The van der Waals surface area contributed by atoms with Crippen LogP contribution >= 0.6 is 23.2 Å². The highest BCUT2D eigenvalue weighted by Crippen LogP contribution is 2.33. The van der Waals surface area contributed by atoms with Crippen molar-refractivity contribution >= 4 is 46.0 Å². The Morgan fingerprint density at radius 1 is 0.969 bits per heavy atom. The zero-order valence-electron chi connectivity index (χ0n) is 17.6. The van der Waals surface area contributed by atoms with Gasteiger partial charge in [-0.2, -0.15) is 4.98 Å². The van der Waals surface area contributed by atoms with Crippen LogP contribution in [0.1, 0.15) is 12.5 Å². The molecule has 4 aromatic rings. The van der Waals surface area contributed by atoms with Crippen LogP contribution in [-0.2, 0) is 20.1 Å². The molecule has 0 N–H and O–H groups in total. The summed E-state index contributed by atoms with van der Waals surface area (Å²) in [6.07, 6.45) is 0. The number of benzene rings is 2. The lowest BCUT2D eigenvalue weighted by atomic mass is 10.1.